The van der Waals surface area contributed by atoms with Crippen molar-refractivity contribution in [3.8, 4) is 0 Å². The van der Waals surface area contributed by atoms with E-state index in [4.69, 9.17) is 10.2 Å². The van der Waals surface area contributed by atoms with Crippen LogP contribution in [0.15, 0.2) is 0 Å². The van der Waals surface area contributed by atoms with Crippen molar-refractivity contribution in [2.75, 3.05) is 19.7 Å². The van der Waals surface area contributed by atoms with Crippen LogP contribution >= 0.6 is 0 Å². The number of carboxylic acid groups (broad SMARTS) is 1. The van der Waals surface area contributed by atoms with Crippen LogP contribution in [0.25, 0.3) is 0 Å². The molecular formula is C9H17N3O5. The average Bonchev–Trinajstić information content (AvgIpc) is 2.30. The van der Waals surface area contributed by atoms with E-state index in [0.29, 0.717) is 6.54 Å². The fourth-order valence-corrected chi connectivity index (χ4v) is 0.882. The third-order valence-electron chi connectivity index (χ3n) is 1.77. The summed E-state index contributed by atoms with van der Waals surface area (Å²) >= 11 is 0. The number of urea groups is 1. The fraction of sp³-hybridized carbons (Fsp3) is 0.667. The third-order valence-corrected chi connectivity index (χ3v) is 1.77. The highest BCUT2D eigenvalue weighted by Crippen LogP contribution is 1.82. The Bertz CT molecular complexity index is 282. The predicted molar refractivity (Wildman–Crippen MR) is 58.3 cm³/mol. The molecule has 0 aliphatic carbocycles. The van der Waals surface area contributed by atoms with Crippen LogP contribution in [0, 0.1) is 0 Å². The summed E-state index contributed by atoms with van der Waals surface area (Å²) in [6.45, 7) is 1.43. The Balaban J connectivity index is 3.86. The molecule has 0 aliphatic rings. The van der Waals surface area contributed by atoms with E-state index in [2.05, 4.69) is 10.6 Å². The monoisotopic (exact) mass is 247 g/mol. The van der Waals surface area contributed by atoms with E-state index >= 15 is 0 Å². The molecule has 0 unspecified atom stereocenters. The smallest absolute Gasteiger partial charge is 0.328 e. The van der Waals surface area contributed by atoms with Crippen molar-refractivity contribution in [1.82, 2.24) is 16.0 Å². The van der Waals surface area contributed by atoms with Gasteiger partial charge in [0.15, 0.2) is 6.04 Å². The van der Waals surface area contributed by atoms with E-state index in [-0.39, 0.29) is 12.5 Å². The zero-order valence-electron chi connectivity index (χ0n) is 9.52. The Hall–Kier alpha value is -1.83. The number of carboxylic acids is 1. The van der Waals surface area contributed by atoms with Gasteiger partial charge in [0, 0.05) is 6.54 Å². The molecular weight excluding hydrogens is 230 g/mol. The Morgan fingerprint density at radius 3 is 2.35 bits per heavy atom. The van der Waals surface area contributed by atoms with Gasteiger partial charge in [-0.1, -0.05) is 6.92 Å². The minimum atomic E-state index is -1.38. The normalized spacial score (nSPS) is 11.4. The van der Waals surface area contributed by atoms with Gasteiger partial charge >= 0.3 is 12.0 Å². The maximum absolute atomic E-state index is 11.1. The van der Waals surface area contributed by atoms with Crippen LogP contribution in [0.1, 0.15) is 13.3 Å². The standard InChI is InChI=1S/C9H17N3O5/c1-2-3-10-7(14)4-11-9(17)12-6(5-13)8(15)16/h6,13H,2-5H2,1H3,(H,10,14)(H,15,16)(H2,11,12,17)/t6-/m0/s1. The molecule has 5 N–H and O–H groups in total. The Morgan fingerprint density at radius 1 is 1.24 bits per heavy atom. The van der Waals surface area contributed by atoms with E-state index in [9.17, 15) is 14.4 Å². The summed E-state index contributed by atoms with van der Waals surface area (Å²) in [7, 11) is 0. The van der Waals surface area contributed by atoms with Crippen LogP contribution in [0.5, 0.6) is 0 Å². The molecule has 98 valence electrons. The van der Waals surface area contributed by atoms with Crippen molar-refractivity contribution >= 4 is 17.9 Å². The summed E-state index contributed by atoms with van der Waals surface area (Å²) < 4.78 is 0. The zero-order chi connectivity index (χ0) is 13.3. The summed E-state index contributed by atoms with van der Waals surface area (Å²) in [6, 6.07) is -2.20. The number of nitrogens with one attached hydrogen (secondary N) is 3. The van der Waals surface area contributed by atoms with Crippen LogP contribution in [-0.4, -0.2) is 53.9 Å². The van der Waals surface area contributed by atoms with Gasteiger partial charge in [-0.15, -0.1) is 0 Å². The first-order valence-electron chi connectivity index (χ1n) is 5.16. The maximum atomic E-state index is 11.1. The number of carbonyl (C=O) groups is 3. The largest absolute Gasteiger partial charge is 0.480 e. The number of aliphatic hydroxyl groups is 1. The topological polar surface area (TPSA) is 128 Å². The third kappa shape index (κ3) is 7.12. The van der Waals surface area contributed by atoms with Gasteiger partial charge in [-0.25, -0.2) is 9.59 Å². The summed E-state index contributed by atoms with van der Waals surface area (Å²) in [5.74, 6) is -1.71. The van der Waals surface area contributed by atoms with Gasteiger partial charge in [-0.05, 0) is 6.42 Å². The Labute approximate surface area is 98.4 Å². The number of aliphatic carboxylic acids is 1. The first kappa shape index (κ1) is 15.2. The highest BCUT2D eigenvalue weighted by atomic mass is 16.4. The van der Waals surface area contributed by atoms with Crippen molar-refractivity contribution in [2.45, 2.75) is 19.4 Å². The van der Waals surface area contributed by atoms with Crippen LogP contribution in [0.4, 0.5) is 4.79 Å². The van der Waals surface area contributed by atoms with Crippen LogP contribution < -0.4 is 16.0 Å². The van der Waals surface area contributed by atoms with Crippen LogP contribution in [-0.2, 0) is 9.59 Å². The Kier molecular flexibility index (Phi) is 7.44. The molecule has 0 saturated heterocycles. The molecule has 0 radical (unpaired) electrons. The molecule has 17 heavy (non-hydrogen) atoms. The second kappa shape index (κ2) is 8.34. The van der Waals surface area contributed by atoms with E-state index < -0.39 is 24.6 Å². The molecule has 0 aromatic rings. The lowest BCUT2D eigenvalue weighted by Gasteiger charge is -2.12. The second-order valence-corrected chi connectivity index (χ2v) is 3.25. The number of aliphatic hydroxyl groups excluding tert-OH is 1. The molecule has 0 bridgehead atoms. The summed E-state index contributed by atoms with van der Waals surface area (Å²) in [6.07, 6.45) is 0.781. The summed E-state index contributed by atoms with van der Waals surface area (Å²) in [4.78, 5) is 32.7. The van der Waals surface area contributed by atoms with E-state index in [0.717, 1.165) is 6.42 Å². The van der Waals surface area contributed by atoms with Gasteiger partial charge < -0.3 is 26.2 Å². The molecule has 0 spiro atoms. The molecule has 0 rings (SSSR count). The molecule has 0 heterocycles. The van der Waals surface area contributed by atoms with Gasteiger partial charge in [0.1, 0.15) is 0 Å². The first-order chi connectivity index (χ1) is 8.01. The van der Waals surface area contributed by atoms with Crippen molar-refractivity contribution in [2.24, 2.45) is 0 Å². The molecule has 3 amide bonds. The molecule has 0 fully saturated rings. The van der Waals surface area contributed by atoms with Crippen LogP contribution in [0.3, 0.4) is 0 Å². The van der Waals surface area contributed by atoms with Crippen LogP contribution in [0.2, 0.25) is 0 Å². The highest BCUT2D eigenvalue weighted by Gasteiger charge is 2.18. The molecule has 0 saturated carbocycles. The van der Waals surface area contributed by atoms with Crippen molar-refractivity contribution in [1.29, 1.82) is 0 Å². The number of hydrogen-bond acceptors (Lipinski definition) is 4. The minimum Gasteiger partial charge on any atom is -0.480 e. The van der Waals surface area contributed by atoms with Crippen molar-refractivity contribution in [3.05, 3.63) is 0 Å². The van der Waals surface area contributed by atoms with E-state index in [1.165, 1.54) is 0 Å². The maximum Gasteiger partial charge on any atom is 0.328 e. The van der Waals surface area contributed by atoms with Gasteiger partial charge in [0.2, 0.25) is 5.91 Å². The quantitative estimate of drug-likeness (QED) is 0.365. The number of rotatable bonds is 7. The molecule has 8 heteroatoms. The summed E-state index contributed by atoms with van der Waals surface area (Å²) in [5, 5.41) is 23.9. The zero-order valence-corrected chi connectivity index (χ0v) is 9.52. The van der Waals surface area contributed by atoms with E-state index in [1.807, 2.05) is 12.2 Å². The number of amides is 3. The van der Waals surface area contributed by atoms with Gasteiger partial charge in [0.25, 0.3) is 0 Å². The molecule has 0 aliphatic heterocycles. The SMILES string of the molecule is CCCNC(=O)CNC(=O)N[C@@H](CO)C(=O)O. The number of hydrogen-bond donors (Lipinski definition) is 5. The van der Waals surface area contributed by atoms with Gasteiger partial charge in [-0.3, -0.25) is 4.79 Å². The second-order valence-electron chi connectivity index (χ2n) is 3.25. The van der Waals surface area contributed by atoms with Gasteiger partial charge in [-0.2, -0.15) is 0 Å². The molecule has 8 nitrogen and oxygen atoms in total. The number of carbonyl (C=O) groups excluding carboxylic acids is 2. The highest BCUT2D eigenvalue weighted by molar-refractivity contribution is 5.86. The lowest BCUT2D eigenvalue weighted by atomic mass is 10.3. The first-order valence-corrected chi connectivity index (χ1v) is 5.16. The minimum absolute atomic E-state index is 0.246. The Morgan fingerprint density at radius 2 is 1.88 bits per heavy atom. The predicted octanol–water partition coefficient (Wildman–Crippen LogP) is -1.74. The molecule has 1 atom stereocenters. The molecule has 0 aromatic carbocycles. The summed E-state index contributed by atoms with van der Waals surface area (Å²) in [5.41, 5.74) is 0. The van der Waals surface area contributed by atoms with E-state index in [1.54, 1.807) is 0 Å². The van der Waals surface area contributed by atoms with Crippen molar-refractivity contribution < 1.29 is 24.6 Å². The average molecular weight is 247 g/mol. The molecule has 0 aromatic heterocycles. The van der Waals surface area contributed by atoms with Gasteiger partial charge in [0.05, 0.1) is 13.2 Å². The lowest BCUT2D eigenvalue weighted by molar-refractivity contribution is -0.140. The van der Waals surface area contributed by atoms with Crippen molar-refractivity contribution in [3.63, 3.8) is 0 Å². The fourth-order valence-electron chi connectivity index (χ4n) is 0.882. The lowest BCUT2D eigenvalue weighted by Crippen LogP contribution is -2.49.